The monoisotopic (exact) mass is 356 g/mol. The van der Waals surface area contributed by atoms with Crippen LogP contribution in [0.2, 0.25) is 10.0 Å². The fraction of sp³-hybridized carbons (Fsp3) is 0. The van der Waals surface area contributed by atoms with Crippen molar-refractivity contribution >= 4 is 51.8 Å². The first-order valence-corrected chi connectivity index (χ1v) is 7.69. The zero-order valence-electron chi connectivity index (χ0n) is 12.2. The molecule has 3 aromatic rings. The van der Waals surface area contributed by atoms with Crippen LogP contribution in [-0.4, -0.2) is 5.91 Å². The molecule has 0 unspecified atom stereocenters. The summed E-state index contributed by atoms with van der Waals surface area (Å²) in [4.78, 5) is 12.3. The van der Waals surface area contributed by atoms with Gasteiger partial charge in [0.1, 0.15) is 23.0 Å². The molecule has 0 saturated heterocycles. The van der Waals surface area contributed by atoms with Crippen LogP contribution in [0.3, 0.4) is 0 Å². The minimum absolute atomic E-state index is 0.106. The van der Waals surface area contributed by atoms with Gasteiger partial charge in [0.15, 0.2) is 0 Å². The number of carbonyl (C=O) groups is 1. The van der Waals surface area contributed by atoms with E-state index in [2.05, 4.69) is 5.32 Å². The van der Waals surface area contributed by atoms with E-state index in [0.29, 0.717) is 27.1 Å². The van der Waals surface area contributed by atoms with Crippen LogP contribution in [0.1, 0.15) is 5.76 Å². The van der Waals surface area contributed by atoms with Crippen LogP contribution in [0, 0.1) is 11.3 Å². The number of nitrogens with zero attached hydrogens (tertiary/aromatic N) is 1. The van der Waals surface area contributed by atoms with Gasteiger partial charge in [-0.05, 0) is 30.3 Å². The molecule has 118 valence electrons. The van der Waals surface area contributed by atoms with Crippen molar-refractivity contribution in [2.24, 2.45) is 0 Å². The SMILES string of the molecule is N#C/C(=C\c1cc2ccccc2o1)C(=O)Nc1cc(Cl)ccc1Cl. The molecule has 0 aliphatic carbocycles. The molecule has 3 rings (SSSR count). The normalized spacial score (nSPS) is 11.3. The maximum Gasteiger partial charge on any atom is 0.266 e. The molecule has 0 spiro atoms. The number of para-hydroxylation sites is 1. The fourth-order valence-corrected chi connectivity index (χ4v) is 2.48. The molecule has 0 aliphatic rings. The highest BCUT2D eigenvalue weighted by molar-refractivity contribution is 6.36. The lowest BCUT2D eigenvalue weighted by molar-refractivity contribution is -0.112. The Morgan fingerprint density at radius 2 is 1.96 bits per heavy atom. The number of carbonyl (C=O) groups excluding carboxylic acids is 1. The van der Waals surface area contributed by atoms with Crippen molar-refractivity contribution in [3.63, 3.8) is 0 Å². The predicted molar refractivity (Wildman–Crippen MR) is 94.9 cm³/mol. The number of halogens is 2. The number of hydrogen-bond acceptors (Lipinski definition) is 3. The van der Waals surface area contributed by atoms with Crippen molar-refractivity contribution in [1.29, 1.82) is 5.26 Å². The number of hydrogen-bond donors (Lipinski definition) is 1. The predicted octanol–water partition coefficient (Wildman–Crippen LogP) is 5.29. The lowest BCUT2D eigenvalue weighted by Gasteiger charge is -2.06. The van der Waals surface area contributed by atoms with E-state index in [4.69, 9.17) is 27.6 Å². The van der Waals surface area contributed by atoms with Gasteiger partial charge >= 0.3 is 0 Å². The second kappa shape index (κ2) is 6.79. The summed E-state index contributed by atoms with van der Waals surface area (Å²) < 4.78 is 5.59. The van der Waals surface area contributed by atoms with Crippen molar-refractivity contribution in [3.8, 4) is 6.07 Å². The van der Waals surface area contributed by atoms with Crippen molar-refractivity contribution in [2.45, 2.75) is 0 Å². The molecular weight excluding hydrogens is 347 g/mol. The second-order valence-corrected chi connectivity index (χ2v) is 5.78. The molecule has 1 aromatic heterocycles. The number of rotatable bonds is 3. The van der Waals surface area contributed by atoms with Gasteiger partial charge < -0.3 is 9.73 Å². The third-order valence-corrected chi connectivity index (χ3v) is 3.84. The summed E-state index contributed by atoms with van der Waals surface area (Å²) in [6.07, 6.45) is 1.38. The topological polar surface area (TPSA) is 66.0 Å². The second-order valence-electron chi connectivity index (χ2n) is 4.93. The molecule has 1 N–H and O–H groups in total. The number of nitriles is 1. The minimum Gasteiger partial charge on any atom is -0.457 e. The quantitative estimate of drug-likeness (QED) is 0.512. The highest BCUT2D eigenvalue weighted by Gasteiger charge is 2.13. The van der Waals surface area contributed by atoms with Gasteiger partial charge in [0.05, 0.1) is 10.7 Å². The molecule has 0 bridgehead atoms. The Kier molecular flexibility index (Phi) is 4.57. The van der Waals surface area contributed by atoms with Crippen molar-refractivity contribution in [3.05, 3.63) is 69.9 Å². The van der Waals surface area contributed by atoms with E-state index in [-0.39, 0.29) is 5.57 Å². The van der Waals surface area contributed by atoms with Gasteiger partial charge in [0.2, 0.25) is 0 Å². The summed E-state index contributed by atoms with van der Waals surface area (Å²) in [5.41, 5.74) is 0.907. The van der Waals surface area contributed by atoms with Gasteiger partial charge in [-0.15, -0.1) is 0 Å². The van der Waals surface area contributed by atoms with E-state index in [1.807, 2.05) is 30.3 Å². The van der Waals surface area contributed by atoms with Gasteiger partial charge in [0.25, 0.3) is 5.91 Å². The third kappa shape index (κ3) is 3.43. The molecule has 0 atom stereocenters. The van der Waals surface area contributed by atoms with Crippen LogP contribution >= 0.6 is 23.2 Å². The summed E-state index contributed by atoms with van der Waals surface area (Å²) in [5, 5.41) is 13.5. The Balaban J connectivity index is 1.88. The number of nitrogens with one attached hydrogen (secondary N) is 1. The number of furan rings is 1. The highest BCUT2D eigenvalue weighted by atomic mass is 35.5. The minimum atomic E-state index is -0.595. The van der Waals surface area contributed by atoms with Crippen LogP contribution in [0.25, 0.3) is 17.0 Å². The first-order chi connectivity index (χ1) is 11.6. The number of fused-ring (bicyclic) bond motifs is 1. The summed E-state index contributed by atoms with van der Waals surface area (Å²) in [6.45, 7) is 0. The van der Waals surface area contributed by atoms with Crippen molar-refractivity contribution < 1.29 is 9.21 Å². The Bertz CT molecular complexity index is 967. The Labute approximate surface area is 147 Å². The number of amides is 1. The summed E-state index contributed by atoms with van der Waals surface area (Å²) in [7, 11) is 0. The van der Waals surface area contributed by atoms with E-state index in [1.165, 1.54) is 12.1 Å². The van der Waals surface area contributed by atoms with Crippen molar-refractivity contribution in [2.75, 3.05) is 5.32 Å². The van der Waals surface area contributed by atoms with Crippen molar-refractivity contribution in [1.82, 2.24) is 0 Å². The van der Waals surface area contributed by atoms with Gasteiger partial charge in [-0.2, -0.15) is 5.26 Å². The first kappa shape index (κ1) is 16.1. The summed E-state index contributed by atoms with van der Waals surface area (Å²) in [5.74, 6) is -0.179. The molecule has 1 amide bonds. The molecule has 24 heavy (non-hydrogen) atoms. The van der Waals surface area contributed by atoms with Crippen LogP contribution in [0.5, 0.6) is 0 Å². The fourth-order valence-electron chi connectivity index (χ4n) is 2.15. The van der Waals surface area contributed by atoms with Gasteiger partial charge in [-0.3, -0.25) is 4.79 Å². The standard InChI is InChI=1S/C18H10Cl2N2O2/c19-13-5-6-15(20)16(9-13)22-18(23)12(10-21)8-14-7-11-3-1-2-4-17(11)24-14/h1-9H,(H,22,23)/b12-8+. The summed E-state index contributed by atoms with van der Waals surface area (Å²) >= 11 is 11.9. The largest absolute Gasteiger partial charge is 0.457 e. The lowest BCUT2D eigenvalue weighted by atomic mass is 10.2. The maximum absolute atomic E-state index is 12.3. The Morgan fingerprint density at radius 3 is 2.71 bits per heavy atom. The molecule has 0 saturated carbocycles. The molecule has 6 heteroatoms. The van der Waals surface area contributed by atoms with Crippen LogP contribution < -0.4 is 5.32 Å². The maximum atomic E-state index is 12.3. The van der Waals surface area contributed by atoms with E-state index in [0.717, 1.165) is 5.39 Å². The Hall–Kier alpha value is -2.74. The zero-order chi connectivity index (χ0) is 17.1. The first-order valence-electron chi connectivity index (χ1n) is 6.93. The smallest absolute Gasteiger partial charge is 0.266 e. The van der Waals surface area contributed by atoms with Gasteiger partial charge in [-0.1, -0.05) is 41.4 Å². The average molecular weight is 357 g/mol. The van der Waals surface area contributed by atoms with Crippen LogP contribution in [0.15, 0.2) is 58.5 Å². The molecule has 0 radical (unpaired) electrons. The molecule has 0 fully saturated rings. The molecule has 0 aliphatic heterocycles. The van der Waals surface area contributed by atoms with E-state index >= 15 is 0 Å². The lowest BCUT2D eigenvalue weighted by Crippen LogP contribution is -2.13. The zero-order valence-corrected chi connectivity index (χ0v) is 13.7. The Morgan fingerprint density at radius 1 is 1.17 bits per heavy atom. The van der Waals surface area contributed by atoms with E-state index in [9.17, 15) is 10.1 Å². The molecular formula is C18H10Cl2N2O2. The van der Waals surface area contributed by atoms with E-state index < -0.39 is 5.91 Å². The van der Waals surface area contributed by atoms with Gasteiger partial charge in [0, 0.05) is 16.5 Å². The average Bonchev–Trinajstić information content (AvgIpc) is 2.98. The number of anilines is 1. The van der Waals surface area contributed by atoms with Crippen LogP contribution in [0.4, 0.5) is 5.69 Å². The molecule has 4 nitrogen and oxygen atoms in total. The van der Waals surface area contributed by atoms with Crippen LogP contribution in [-0.2, 0) is 4.79 Å². The molecule has 1 heterocycles. The summed E-state index contributed by atoms with van der Waals surface area (Å²) in [6, 6.07) is 15.7. The highest BCUT2D eigenvalue weighted by Crippen LogP contribution is 2.26. The third-order valence-electron chi connectivity index (χ3n) is 3.27. The molecule has 2 aromatic carbocycles. The number of benzene rings is 2. The van der Waals surface area contributed by atoms with E-state index in [1.54, 1.807) is 18.2 Å². The van der Waals surface area contributed by atoms with Gasteiger partial charge in [-0.25, -0.2) is 0 Å².